The molecule has 0 fully saturated rings. The molecule has 1 rings (SSSR count). The van der Waals surface area contributed by atoms with Crippen LogP contribution in [-0.2, 0) is 32.4 Å². The van der Waals surface area contributed by atoms with Crippen molar-refractivity contribution in [3.05, 3.63) is 29.3 Å². The van der Waals surface area contributed by atoms with Crippen molar-refractivity contribution in [3.8, 4) is 0 Å². The lowest BCUT2D eigenvalue weighted by molar-refractivity contribution is -0.143. The molecule has 5 nitrogen and oxygen atoms in total. The second-order valence-electron chi connectivity index (χ2n) is 4.58. The van der Waals surface area contributed by atoms with Crippen molar-refractivity contribution < 1.29 is 56.3 Å². The number of halogens is 9. The molecule has 150 valence electrons. The summed E-state index contributed by atoms with van der Waals surface area (Å²) in [5.74, 6) is 0. The number of rotatable bonds is 3. The molecular weight excluding hydrogens is 433 g/mol. The molecule has 0 aliphatic heterocycles. The van der Waals surface area contributed by atoms with Crippen LogP contribution in [0.5, 0.6) is 0 Å². The lowest BCUT2D eigenvalue weighted by Crippen LogP contribution is -2.41. The molecule has 0 bridgehead atoms. The molecule has 1 aromatic rings. The van der Waals surface area contributed by atoms with E-state index >= 15 is 0 Å². The van der Waals surface area contributed by atoms with Crippen LogP contribution < -0.4 is 0 Å². The van der Waals surface area contributed by atoms with Crippen LogP contribution in [0.3, 0.4) is 0 Å². The Morgan fingerprint density at radius 2 is 1.08 bits per heavy atom. The number of sulfonamides is 2. The molecule has 0 N–H and O–H groups in total. The summed E-state index contributed by atoms with van der Waals surface area (Å²) in [4.78, 5) is -1.94. The molecule has 0 spiro atoms. The summed E-state index contributed by atoms with van der Waals surface area (Å²) in [7, 11) is -12.7. The summed E-state index contributed by atoms with van der Waals surface area (Å²) in [6.07, 6.45) is -11.0. The number of benzene rings is 1. The molecule has 0 saturated carbocycles. The normalized spacial score (nSPS) is 14.7. The molecule has 0 aromatic heterocycles. The van der Waals surface area contributed by atoms with Crippen LogP contribution in [0.15, 0.2) is 23.1 Å². The highest BCUT2D eigenvalue weighted by Gasteiger charge is 2.53. The van der Waals surface area contributed by atoms with E-state index in [0.29, 0.717) is 0 Å². The summed E-state index contributed by atoms with van der Waals surface area (Å²) < 4.78 is 158. The first kappa shape index (κ1) is 22.5. The lowest BCUT2D eigenvalue weighted by Gasteiger charge is -2.20. The molecule has 26 heavy (non-hydrogen) atoms. The van der Waals surface area contributed by atoms with Crippen molar-refractivity contribution in [1.29, 1.82) is 0 Å². The molecule has 0 aliphatic carbocycles. The van der Waals surface area contributed by atoms with Crippen LogP contribution in [0, 0.1) is 0 Å². The van der Waals surface area contributed by atoms with E-state index in [1.54, 1.807) is 0 Å². The Kier molecular flexibility index (Phi) is 5.42. The molecule has 0 saturated heterocycles. The minimum Gasteiger partial charge on any atom is -0.206 e. The van der Waals surface area contributed by atoms with Crippen LogP contribution in [0.4, 0.5) is 39.5 Å². The fourth-order valence-corrected chi connectivity index (χ4v) is 4.18. The molecule has 0 atom stereocenters. The fraction of sp³-hybridized carbons (Fsp3) is 0.400. The third kappa shape index (κ3) is 4.22. The van der Waals surface area contributed by atoms with Crippen LogP contribution >= 0.6 is 0 Å². The van der Waals surface area contributed by atoms with Crippen molar-refractivity contribution in [2.45, 2.75) is 22.8 Å². The van der Waals surface area contributed by atoms with Crippen molar-refractivity contribution >= 4 is 20.0 Å². The highest BCUT2D eigenvalue weighted by molar-refractivity contribution is 8.04. The second kappa shape index (κ2) is 6.26. The monoisotopic (exact) mass is 439 g/mol. The Labute approximate surface area is 140 Å². The smallest absolute Gasteiger partial charge is 0.206 e. The highest BCUT2D eigenvalue weighted by atomic mass is 32.3. The first-order chi connectivity index (χ1) is 11.2. The zero-order chi connectivity index (χ0) is 20.9. The molecule has 0 radical (unpaired) electrons. The van der Waals surface area contributed by atoms with Crippen LogP contribution in [-0.4, -0.2) is 33.1 Å². The highest BCUT2D eigenvalue weighted by Crippen LogP contribution is 2.38. The number of nitrogens with zero attached hydrogens (tertiary/aromatic N) is 1. The van der Waals surface area contributed by atoms with Gasteiger partial charge in [-0.1, -0.05) is 3.71 Å². The summed E-state index contributed by atoms with van der Waals surface area (Å²) in [5.41, 5.74) is -10.5. The van der Waals surface area contributed by atoms with Crippen LogP contribution in [0.1, 0.15) is 11.1 Å². The molecule has 1 aromatic carbocycles. The van der Waals surface area contributed by atoms with Crippen molar-refractivity contribution in [2.24, 2.45) is 0 Å². The predicted octanol–water partition coefficient (Wildman–Crippen LogP) is 3.19. The van der Waals surface area contributed by atoms with Crippen LogP contribution in [0.2, 0.25) is 0 Å². The van der Waals surface area contributed by atoms with Gasteiger partial charge in [0.25, 0.3) is 10.0 Å². The van der Waals surface area contributed by atoms with E-state index in [-0.39, 0.29) is 7.05 Å². The average Bonchev–Trinajstić information content (AvgIpc) is 2.42. The van der Waals surface area contributed by atoms with E-state index in [4.69, 9.17) is 0 Å². The first-order valence-corrected chi connectivity index (χ1v) is 8.70. The Morgan fingerprint density at radius 3 is 1.35 bits per heavy atom. The van der Waals surface area contributed by atoms with Gasteiger partial charge in [-0.25, -0.2) is 16.8 Å². The van der Waals surface area contributed by atoms with Crippen molar-refractivity contribution in [2.75, 3.05) is 7.05 Å². The zero-order valence-electron chi connectivity index (χ0n) is 12.0. The van der Waals surface area contributed by atoms with Gasteiger partial charge in [0.05, 0.1) is 16.0 Å². The van der Waals surface area contributed by atoms with Gasteiger partial charge >= 0.3 is 27.9 Å². The Hall–Kier alpha value is -1.55. The fourth-order valence-electron chi connectivity index (χ4n) is 1.50. The maximum Gasteiger partial charge on any atom is 0.512 e. The van der Waals surface area contributed by atoms with E-state index in [1.807, 2.05) is 0 Å². The summed E-state index contributed by atoms with van der Waals surface area (Å²) in [5, 5.41) is 0. The molecule has 0 unspecified atom stereocenters. The third-order valence-corrected chi connectivity index (χ3v) is 6.78. The SMILES string of the molecule is CN(S(=O)(=O)c1cc(C(F)(F)F)cc(C(F)(F)F)c1)S(=O)(=O)C(F)(F)F. The van der Waals surface area contributed by atoms with Crippen molar-refractivity contribution in [3.63, 3.8) is 0 Å². The van der Waals surface area contributed by atoms with Gasteiger partial charge in [0.1, 0.15) is 0 Å². The largest absolute Gasteiger partial charge is 0.512 e. The van der Waals surface area contributed by atoms with Gasteiger partial charge < -0.3 is 0 Å². The van der Waals surface area contributed by atoms with E-state index < -0.39 is 75.8 Å². The standard InChI is InChI=1S/C10H6F9NO4S2/c1-20(26(23,24)10(17,18)19)25(21,22)7-3-5(8(11,12)13)2-6(4-7)9(14,15)16/h2-4H,1H3. The number of hydrogen-bond donors (Lipinski definition) is 0. The number of hydrogen-bond acceptors (Lipinski definition) is 4. The van der Waals surface area contributed by atoms with E-state index in [1.165, 1.54) is 0 Å². The first-order valence-electron chi connectivity index (χ1n) is 5.82. The summed E-state index contributed by atoms with van der Waals surface area (Å²) in [6, 6.07) is -1.29. The van der Waals surface area contributed by atoms with Crippen LogP contribution in [0.25, 0.3) is 0 Å². The molecule has 0 heterocycles. The van der Waals surface area contributed by atoms with Crippen molar-refractivity contribution in [1.82, 2.24) is 3.71 Å². The maximum absolute atomic E-state index is 12.7. The minimum atomic E-state index is -6.60. The molecule has 0 aliphatic rings. The Bertz CT molecular complexity index is 866. The molecule has 0 amide bonds. The van der Waals surface area contributed by atoms with Gasteiger partial charge in [-0.3, -0.25) is 0 Å². The van der Waals surface area contributed by atoms with Gasteiger partial charge in [0.15, 0.2) is 0 Å². The summed E-state index contributed by atoms with van der Waals surface area (Å²) in [6.45, 7) is 0. The van der Waals surface area contributed by atoms with Gasteiger partial charge in [-0.15, -0.1) is 0 Å². The topological polar surface area (TPSA) is 71.5 Å². The summed E-state index contributed by atoms with van der Waals surface area (Å²) >= 11 is 0. The zero-order valence-corrected chi connectivity index (χ0v) is 13.7. The van der Waals surface area contributed by atoms with Gasteiger partial charge in [0.2, 0.25) is 0 Å². The Morgan fingerprint density at radius 1 is 0.731 bits per heavy atom. The van der Waals surface area contributed by atoms with Gasteiger partial charge in [0, 0.05) is 7.05 Å². The van der Waals surface area contributed by atoms with Gasteiger partial charge in [-0.05, 0) is 18.2 Å². The molecule has 16 heteroatoms. The quantitative estimate of drug-likeness (QED) is 0.679. The lowest BCUT2D eigenvalue weighted by atomic mass is 10.1. The van der Waals surface area contributed by atoms with Gasteiger partial charge in [-0.2, -0.15) is 39.5 Å². The molecular formula is C10H6F9NO4S2. The number of alkyl halides is 9. The minimum absolute atomic E-state index is 0.175. The van der Waals surface area contributed by atoms with E-state index in [2.05, 4.69) is 0 Å². The second-order valence-corrected chi connectivity index (χ2v) is 8.74. The predicted molar refractivity (Wildman–Crippen MR) is 66.4 cm³/mol. The van der Waals surface area contributed by atoms with E-state index in [9.17, 15) is 56.3 Å². The Balaban J connectivity index is 3.74. The third-order valence-electron chi connectivity index (χ3n) is 2.83. The van der Waals surface area contributed by atoms with E-state index in [0.717, 1.165) is 0 Å². The maximum atomic E-state index is 12.7. The average molecular weight is 439 g/mol.